The molecule has 1 saturated carbocycles. The van der Waals surface area contributed by atoms with Gasteiger partial charge in [0.15, 0.2) is 0 Å². The van der Waals surface area contributed by atoms with Gasteiger partial charge in [-0.1, -0.05) is 6.42 Å². The minimum Gasteiger partial charge on any atom is -0.396 e. The number of thiophene rings is 1. The van der Waals surface area contributed by atoms with Gasteiger partial charge < -0.3 is 10.4 Å². The van der Waals surface area contributed by atoms with Crippen LogP contribution >= 0.6 is 11.3 Å². The van der Waals surface area contributed by atoms with Gasteiger partial charge in [-0.2, -0.15) is 0 Å². The first-order valence-electron chi connectivity index (χ1n) is 6.61. The van der Waals surface area contributed by atoms with Crippen molar-refractivity contribution in [2.75, 3.05) is 13.2 Å². The summed E-state index contributed by atoms with van der Waals surface area (Å²) < 4.78 is 0. The second-order valence-corrected chi connectivity index (χ2v) is 6.53. The van der Waals surface area contributed by atoms with Crippen LogP contribution in [0.4, 0.5) is 0 Å². The maximum Gasteiger partial charge on any atom is 0.0462 e. The smallest absolute Gasteiger partial charge is 0.0462 e. The van der Waals surface area contributed by atoms with Crippen LogP contribution < -0.4 is 5.32 Å². The monoisotopic (exact) mass is 253 g/mol. The maximum atomic E-state index is 9.30. The van der Waals surface area contributed by atoms with Crippen molar-refractivity contribution in [3.05, 3.63) is 21.9 Å². The molecule has 1 aliphatic carbocycles. The molecule has 1 aromatic heterocycles. The molecule has 96 valence electrons. The summed E-state index contributed by atoms with van der Waals surface area (Å²) in [5.74, 6) is 1.20. The van der Waals surface area contributed by atoms with E-state index in [0.717, 1.165) is 6.54 Å². The molecule has 17 heavy (non-hydrogen) atoms. The minimum absolute atomic E-state index is 0.360. The van der Waals surface area contributed by atoms with E-state index < -0.39 is 0 Å². The van der Waals surface area contributed by atoms with Crippen molar-refractivity contribution < 1.29 is 5.11 Å². The fourth-order valence-corrected chi connectivity index (χ4v) is 3.64. The van der Waals surface area contributed by atoms with E-state index >= 15 is 0 Å². The van der Waals surface area contributed by atoms with E-state index in [1.165, 1.54) is 29.0 Å². The summed E-state index contributed by atoms with van der Waals surface area (Å²) in [6.45, 7) is 5.79. The first kappa shape index (κ1) is 13.1. The Labute approximate surface area is 108 Å². The number of hydrogen-bond donors (Lipinski definition) is 2. The molecule has 1 heterocycles. The molecule has 0 aromatic carbocycles. The lowest BCUT2D eigenvalue weighted by atomic mass is 9.97. The predicted octanol–water partition coefficient (Wildman–Crippen LogP) is 3.12. The molecule has 1 aromatic rings. The minimum atomic E-state index is 0.360. The van der Waals surface area contributed by atoms with Crippen LogP contribution in [0.15, 0.2) is 12.1 Å². The van der Waals surface area contributed by atoms with Crippen LogP contribution in [0.2, 0.25) is 0 Å². The summed E-state index contributed by atoms with van der Waals surface area (Å²) in [5.41, 5.74) is 0. The molecule has 2 N–H and O–H groups in total. The van der Waals surface area contributed by atoms with Crippen LogP contribution in [0.3, 0.4) is 0 Å². The zero-order valence-corrected chi connectivity index (χ0v) is 11.6. The van der Waals surface area contributed by atoms with Gasteiger partial charge in [-0.05, 0) is 57.2 Å². The Morgan fingerprint density at radius 1 is 1.41 bits per heavy atom. The summed E-state index contributed by atoms with van der Waals surface area (Å²) >= 11 is 1.87. The first-order valence-corrected chi connectivity index (χ1v) is 7.43. The molecule has 2 rings (SSSR count). The van der Waals surface area contributed by atoms with Gasteiger partial charge in [0.05, 0.1) is 0 Å². The molecular formula is C14H23NOS. The lowest BCUT2D eigenvalue weighted by Crippen LogP contribution is -2.28. The zero-order chi connectivity index (χ0) is 12.3. The van der Waals surface area contributed by atoms with Crippen molar-refractivity contribution >= 4 is 11.3 Å². The Balaban J connectivity index is 1.81. The van der Waals surface area contributed by atoms with Crippen molar-refractivity contribution in [2.24, 2.45) is 11.8 Å². The summed E-state index contributed by atoms with van der Waals surface area (Å²) in [7, 11) is 0. The molecule has 3 atom stereocenters. The van der Waals surface area contributed by atoms with E-state index in [4.69, 9.17) is 0 Å². The second-order valence-electron chi connectivity index (χ2n) is 5.21. The second kappa shape index (κ2) is 5.98. The highest BCUT2D eigenvalue weighted by Gasteiger charge is 2.26. The van der Waals surface area contributed by atoms with E-state index in [-0.39, 0.29) is 0 Å². The molecule has 1 aliphatic rings. The van der Waals surface area contributed by atoms with Crippen molar-refractivity contribution in [2.45, 2.75) is 39.2 Å². The van der Waals surface area contributed by atoms with Gasteiger partial charge in [0.25, 0.3) is 0 Å². The van der Waals surface area contributed by atoms with Crippen LogP contribution in [-0.2, 0) is 0 Å². The number of rotatable bonds is 5. The lowest BCUT2D eigenvalue weighted by Gasteiger charge is -2.20. The number of aliphatic hydroxyl groups excluding tert-OH is 1. The maximum absolute atomic E-state index is 9.30. The normalized spacial score (nSPS) is 26.3. The van der Waals surface area contributed by atoms with E-state index in [1.54, 1.807) is 0 Å². The molecule has 2 nitrogen and oxygen atoms in total. The average molecular weight is 253 g/mol. The van der Waals surface area contributed by atoms with Gasteiger partial charge in [-0.15, -0.1) is 11.3 Å². The summed E-state index contributed by atoms with van der Waals surface area (Å²) in [4.78, 5) is 2.80. The third-order valence-electron chi connectivity index (χ3n) is 3.93. The fourth-order valence-electron chi connectivity index (χ4n) is 2.74. The molecular weight excluding hydrogens is 230 g/mol. The Hall–Kier alpha value is -0.380. The predicted molar refractivity (Wildman–Crippen MR) is 73.4 cm³/mol. The van der Waals surface area contributed by atoms with Gasteiger partial charge >= 0.3 is 0 Å². The summed E-state index contributed by atoms with van der Waals surface area (Å²) in [6.07, 6.45) is 3.76. The third kappa shape index (κ3) is 3.30. The molecule has 0 amide bonds. The Bertz CT molecular complexity index is 350. The fraction of sp³-hybridized carbons (Fsp3) is 0.714. The third-order valence-corrected chi connectivity index (χ3v) is 5.11. The molecule has 0 radical (unpaired) electrons. The van der Waals surface area contributed by atoms with Crippen molar-refractivity contribution in [3.8, 4) is 0 Å². The quantitative estimate of drug-likeness (QED) is 0.845. The Morgan fingerprint density at radius 2 is 2.18 bits per heavy atom. The molecule has 0 saturated heterocycles. The van der Waals surface area contributed by atoms with Gasteiger partial charge in [-0.3, -0.25) is 0 Å². The largest absolute Gasteiger partial charge is 0.396 e. The van der Waals surface area contributed by atoms with Crippen LogP contribution in [-0.4, -0.2) is 18.3 Å². The van der Waals surface area contributed by atoms with Crippen LogP contribution in [0.5, 0.6) is 0 Å². The van der Waals surface area contributed by atoms with Gasteiger partial charge in [0.1, 0.15) is 0 Å². The highest BCUT2D eigenvalue weighted by molar-refractivity contribution is 7.12. The first-order chi connectivity index (χ1) is 8.20. The van der Waals surface area contributed by atoms with E-state index in [1.807, 2.05) is 11.3 Å². The molecule has 0 spiro atoms. The number of nitrogens with one attached hydrogen (secondary N) is 1. The number of aliphatic hydroxyl groups is 1. The summed E-state index contributed by atoms with van der Waals surface area (Å²) in [6, 6.07) is 4.84. The van der Waals surface area contributed by atoms with Crippen LogP contribution in [0, 0.1) is 18.8 Å². The number of hydrogen-bond acceptors (Lipinski definition) is 3. The topological polar surface area (TPSA) is 32.3 Å². The highest BCUT2D eigenvalue weighted by Crippen LogP contribution is 2.31. The van der Waals surface area contributed by atoms with Gasteiger partial charge in [-0.25, -0.2) is 0 Å². The van der Waals surface area contributed by atoms with Crippen LogP contribution in [0.1, 0.15) is 42.0 Å². The average Bonchev–Trinajstić information content (AvgIpc) is 2.94. The Morgan fingerprint density at radius 3 is 2.82 bits per heavy atom. The SMILES string of the molecule is Cc1ccc(C(C)NCC2CCCC2CO)s1. The zero-order valence-electron chi connectivity index (χ0n) is 10.8. The molecule has 3 heteroatoms. The summed E-state index contributed by atoms with van der Waals surface area (Å²) in [5, 5.41) is 12.9. The van der Waals surface area contributed by atoms with Crippen molar-refractivity contribution in [1.29, 1.82) is 0 Å². The number of aryl methyl sites for hydroxylation is 1. The molecule has 0 aliphatic heterocycles. The standard InChI is InChI=1S/C14H23NOS/c1-10-6-7-14(17-10)11(2)15-8-12-4-3-5-13(12)9-16/h6-7,11-13,15-16H,3-5,8-9H2,1-2H3. The highest BCUT2D eigenvalue weighted by atomic mass is 32.1. The Kier molecular flexibility index (Phi) is 4.60. The van der Waals surface area contributed by atoms with E-state index in [0.29, 0.717) is 24.5 Å². The lowest BCUT2D eigenvalue weighted by molar-refractivity contribution is 0.191. The molecule has 0 bridgehead atoms. The van der Waals surface area contributed by atoms with Gasteiger partial charge in [0, 0.05) is 22.4 Å². The van der Waals surface area contributed by atoms with Gasteiger partial charge in [0.2, 0.25) is 0 Å². The van der Waals surface area contributed by atoms with Crippen molar-refractivity contribution in [1.82, 2.24) is 5.32 Å². The van der Waals surface area contributed by atoms with E-state index in [9.17, 15) is 5.11 Å². The van der Waals surface area contributed by atoms with Crippen LogP contribution in [0.25, 0.3) is 0 Å². The van der Waals surface area contributed by atoms with E-state index in [2.05, 4.69) is 31.3 Å². The van der Waals surface area contributed by atoms with Crippen molar-refractivity contribution in [3.63, 3.8) is 0 Å². The molecule has 1 fully saturated rings. The molecule has 3 unspecified atom stereocenters.